The van der Waals surface area contributed by atoms with Crippen LogP contribution in [-0.2, 0) is 27.9 Å². The molecule has 0 saturated carbocycles. The molecule has 8 nitrogen and oxygen atoms in total. The van der Waals surface area contributed by atoms with Crippen LogP contribution in [0.25, 0.3) is 0 Å². The van der Waals surface area contributed by atoms with Gasteiger partial charge in [-0.05, 0) is 51.0 Å². The normalized spacial score (nSPS) is 13.6. The van der Waals surface area contributed by atoms with Crippen molar-refractivity contribution >= 4 is 13.8 Å². The summed E-state index contributed by atoms with van der Waals surface area (Å²) in [6.07, 6.45) is 48.7. The second-order valence-corrected chi connectivity index (χ2v) is 16.8. The van der Waals surface area contributed by atoms with E-state index >= 15 is 0 Å². The molecule has 320 valence electrons. The maximum absolute atomic E-state index is 12.4. The van der Waals surface area contributed by atoms with Gasteiger partial charge in [0.15, 0.2) is 6.10 Å². The predicted octanol–water partition coefficient (Wildman–Crippen LogP) is 14.0. The molecule has 2 unspecified atom stereocenters. The third kappa shape index (κ3) is 42.0. The molecule has 3 N–H and O–H groups in total. The molecule has 0 radical (unpaired) electrons. The molecule has 0 aromatic rings. The Morgan fingerprint density at radius 1 is 0.556 bits per heavy atom. The van der Waals surface area contributed by atoms with E-state index in [2.05, 4.69) is 26.0 Å². The maximum Gasteiger partial charge on any atom is 0.472 e. The number of phosphoric ester groups is 1. The minimum Gasteiger partial charge on any atom is -0.492 e. The largest absolute Gasteiger partial charge is 0.492 e. The second-order valence-electron chi connectivity index (χ2n) is 15.3. The molecule has 0 aliphatic rings. The number of hydrogen-bond acceptors (Lipinski definition) is 7. The van der Waals surface area contributed by atoms with Gasteiger partial charge in [-0.1, -0.05) is 187 Å². The van der Waals surface area contributed by atoms with Gasteiger partial charge in [-0.2, -0.15) is 0 Å². The fourth-order valence-corrected chi connectivity index (χ4v) is 7.27. The van der Waals surface area contributed by atoms with E-state index in [1.54, 1.807) is 6.26 Å². The molecule has 0 saturated heterocycles. The van der Waals surface area contributed by atoms with Gasteiger partial charge in [0.05, 0.1) is 19.5 Å². The van der Waals surface area contributed by atoms with Gasteiger partial charge in [0, 0.05) is 13.0 Å². The Balaban J connectivity index is 4.01. The van der Waals surface area contributed by atoms with Crippen molar-refractivity contribution in [1.82, 2.24) is 0 Å². The summed E-state index contributed by atoms with van der Waals surface area (Å²) in [6, 6.07) is 0. The van der Waals surface area contributed by atoms with Gasteiger partial charge < -0.3 is 20.1 Å². The first-order valence-corrected chi connectivity index (χ1v) is 24.4. The number of ether oxygens (including phenoxy) is 2. The summed E-state index contributed by atoms with van der Waals surface area (Å²) in [6.45, 7) is 4.24. The van der Waals surface area contributed by atoms with Crippen LogP contribution in [0.4, 0.5) is 0 Å². The highest BCUT2D eigenvalue weighted by Gasteiger charge is 2.24. The molecule has 0 heterocycles. The van der Waals surface area contributed by atoms with Gasteiger partial charge >= 0.3 is 13.8 Å². The number of rotatable bonds is 44. The van der Waals surface area contributed by atoms with Crippen molar-refractivity contribution in [2.75, 3.05) is 26.4 Å². The Labute approximate surface area is 334 Å². The average Bonchev–Trinajstić information content (AvgIpc) is 3.16. The van der Waals surface area contributed by atoms with Crippen molar-refractivity contribution in [1.29, 1.82) is 0 Å². The molecule has 0 aliphatic carbocycles. The van der Waals surface area contributed by atoms with Crippen LogP contribution in [0.2, 0.25) is 0 Å². The van der Waals surface area contributed by atoms with E-state index in [4.69, 9.17) is 24.3 Å². The van der Waals surface area contributed by atoms with Gasteiger partial charge in [-0.15, -0.1) is 0 Å². The lowest BCUT2D eigenvalue weighted by Gasteiger charge is -2.19. The lowest BCUT2D eigenvalue weighted by Crippen LogP contribution is -2.25. The average molecular weight is 786 g/mol. The lowest BCUT2D eigenvalue weighted by molar-refractivity contribution is -0.147. The van der Waals surface area contributed by atoms with Crippen LogP contribution in [0.1, 0.15) is 226 Å². The molecule has 0 aromatic carbocycles. The summed E-state index contributed by atoms with van der Waals surface area (Å²) in [7, 11) is -4.26. The van der Waals surface area contributed by atoms with Gasteiger partial charge in [0.2, 0.25) is 0 Å². The molecule has 9 heteroatoms. The van der Waals surface area contributed by atoms with E-state index in [-0.39, 0.29) is 32.3 Å². The van der Waals surface area contributed by atoms with Crippen molar-refractivity contribution in [3.8, 4) is 0 Å². The molecule has 0 spiro atoms. The zero-order chi connectivity index (χ0) is 39.5. The summed E-state index contributed by atoms with van der Waals surface area (Å²) < 4.78 is 33.2. The molecule has 54 heavy (non-hydrogen) atoms. The Morgan fingerprint density at radius 2 is 0.944 bits per heavy atom. The smallest absolute Gasteiger partial charge is 0.472 e. The predicted molar refractivity (Wildman–Crippen MR) is 229 cm³/mol. The minimum atomic E-state index is -4.26. The molecule has 0 amide bonds. The van der Waals surface area contributed by atoms with Crippen LogP contribution >= 0.6 is 7.82 Å². The zero-order valence-electron chi connectivity index (χ0n) is 35.5. The summed E-state index contributed by atoms with van der Waals surface area (Å²) in [5.41, 5.74) is 5.37. The fraction of sp³-hybridized carbons (Fsp3) is 0.889. The van der Waals surface area contributed by atoms with Crippen LogP contribution in [0.3, 0.4) is 0 Å². The van der Waals surface area contributed by atoms with Crippen molar-refractivity contribution in [3.05, 3.63) is 24.5 Å². The monoisotopic (exact) mass is 786 g/mol. The van der Waals surface area contributed by atoms with Crippen molar-refractivity contribution < 1.29 is 32.8 Å². The second kappa shape index (κ2) is 43.0. The standard InChI is InChI=1S/C45H88NO7P/c1-3-5-7-9-11-13-15-17-19-21-22-23-24-26-28-30-32-34-36-38-45(47)51-42-44(43-53-54(48,49)52-41-39-46)50-40-37-35-33-31-29-27-25-20-18-16-14-12-10-8-6-4-2/h17,19,37,40,44H,3-16,18,20-36,38-39,41-43,46H2,1-2H3,(H,48,49). The van der Waals surface area contributed by atoms with Crippen LogP contribution in [0.15, 0.2) is 24.5 Å². The van der Waals surface area contributed by atoms with Crippen molar-refractivity contribution in [2.24, 2.45) is 5.73 Å². The first kappa shape index (κ1) is 52.8. The SMILES string of the molecule is CCCCCCCCC=CCCCCCCCCCCCC(=O)OCC(COP(=O)(O)OCCN)OC=CCCCCCCCCCCCCCCCC. The quantitative estimate of drug-likeness (QED) is 0.0206. The maximum atomic E-state index is 12.4. The molecule has 0 aliphatic heterocycles. The lowest BCUT2D eigenvalue weighted by atomic mass is 10.0. The summed E-state index contributed by atoms with van der Waals surface area (Å²) in [5, 5.41) is 0. The van der Waals surface area contributed by atoms with Crippen molar-refractivity contribution in [3.63, 3.8) is 0 Å². The topological polar surface area (TPSA) is 117 Å². The highest BCUT2D eigenvalue weighted by Crippen LogP contribution is 2.43. The molecular formula is C45H88NO7P. The van der Waals surface area contributed by atoms with E-state index in [1.165, 1.54) is 173 Å². The molecule has 0 fully saturated rings. The van der Waals surface area contributed by atoms with Gasteiger partial charge in [-0.25, -0.2) is 4.57 Å². The number of nitrogens with two attached hydrogens (primary N) is 1. The minimum absolute atomic E-state index is 0.0617. The Kier molecular flexibility index (Phi) is 42.0. The van der Waals surface area contributed by atoms with Gasteiger partial charge in [0.1, 0.15) is 6.61 Å². The molecule has 0 aromatic heterocycles. The number of hydrogen-bond donors (Lipinski definition) is 2. The number of carbonyl (C=O) groups excluding carboxylic acids is 1. The summed E-state index contributed by atoms with van der Waals surface area (Å²) in [5.74, 6) is -0.289. The molecule has 2 atom stereocenters. The summed E-state index contributed by atoms with van der Waals surface area (Å²) >= 11 is 0. The van der Waals surface area contributed by atoms with E-state index in [0.717, 1.165) is 32.1 Å². The number of unbranched alkanes of at least 4 members (excludes halogenated alkanes) is 29. The van der Waals surface area contributed by atoms with Crippen LogP contribution in [-0.4, -0.2) is 43.3 Å². The van der Waals surface area contributed by atoms with Crippen LogP contribution in [0, 0.1) is 0 Å². The van der Waals surface area contributed by atoms with Crippen molar-refractivity contribution in [2.45, 2.75) is 232 Å². The van der Waals surface area contributed by atoms with E-state index in [0.29, 0.717) is 6.42 Å². The number of carbonyl (C=O) groups is 1. The molecule has 0 rings (SSSR count). The third-order valence-electron chi connectivity index (χ3n) is 9.96. The van der Waals surface area contributed by atoms with Crippen LogP contribution < -0.4 is 5.73 Å². The third-order valence-corrected chi connectivity index (χ3v) is 10.9. The fourth-order valence-electron chi connectivity index (χ4n) is 6.51. The van der Waals surface area contributed by atoms with Gasteiger partial charge in [-0.3, -0.25) is 13.8 Å². The van der Waals surface area contributed by atoms with Gasteiger partial charge in [0.25, 0.3) is 0 Å². The highest BCUT2D eigenvalue weighted by atomic mass is 31.2. The first-order chi connectivity index (χ1) is 26.4. The van der Waals surface area contributed by atoms with E-state index in [9.17, 15) is 14.3 Å². The Hall–Kier alpha value is -1.18. The first-order valence-electron chi connectivity index (χ1n) is 22.9. The number of phosphoric acid groups is 1. The van der Waals surface area contributed by atoms with Crippen LogP contribution in [0.5, 0.6) is 0 Å². The number of allylic oxidation sites excluding steroid dienone is 3. The molecular weight excluding hydrogens is 697 g/mol. The Morgan fingerprint density at radius 3 is 1.37 bits per heavy atom. The highest BCUT2D eigenvalue weighted by molar-refractivity contribution is 7.47. The Bertz CT molecular complexity index is 884. The van der Waals surface area contributed by atoms with E-state index in [1.807, 2.05) is 6.08 Å². The van der Waals surface area contributed by atoms with E-state index < -0.39 is 13.9 Å². The molecule has 0 bridgehead atoms. The summed E-state index contributed by atoms with van der Waals surface area (Å²) in [4.78, 5) is 22.3. The zero-order valence-corrected chi connectivity index (χ0v) is 36.4. The number of esters is 1.